The minimum Gasteiger partial charge on any atom is -0.388 e. The highest BCUT2D eigenvalue weighted by atomic mass is 32.3. The molecule has 0 aliphatic rings. The van der Waals surface area contributed by atoms with Gasteiger partial charge in [-0.3, -0.25) is 19.9 Å². The largest absolute Gasteiger partial charge is 0.394 e. The van der Waals surface area contributed by atoms with Gasteiger partial charge in [0, 0.05) is 12.8 Å². The Labute approximate surface area is 127 Å². The number of hydrogen-bond acceptors (Lipinski definition) is 4. The molecule has 0 heterocycles. The highest BCUT2D eigenvalue weighted by Crippen LogP contribution is 1.97. The van der Waals surface area contributed by atoms with E-state index in [2.05, 4.69) is 13.8 Å². The SMILES string of the molecule is CCCCCC(=N)N.CCCCCC(=N)N.O=S(=O)(O)O. The van der Waals surface area contributed by atoms with Crippen LogP contribution in [0.25, 0.3) is 0 Å². The first-order chi connectivity index (χ1) is 9.54. The van der Waals surface area contributed by atoms with E-state index in [4.69, 9.17) is 39.8 Å². The summed E-state index contributed by atoms with van der Waals surface area (Å²) in [7, 11) is -4.67. The van der Waals surface area contributed by atoms with Gasteiger partial charge in [-0.2, -0.15) is 8.42 Å². The number of rotatable bonds is 8. The van der Waals surface area contributed by atoms with Gasteiger partial charge in [0.25, 0.3) is 0 Å². The maximum atomic E-state index is 8.74. The van der Waals surface area contributed by atoms with Crippen LogP contribution in [0.4, 0.5) is 0 Å². The fourth-order valence-corrected chi connectivity index (χ4v) is 1.13. The van der Waals surface area contributed by atoms with Gasteiger partial charge in [0.15, 0.2) is 0 Å². The van der Waals surface area contributed by atoms with E-state index in [1.54, 1.807) is 0 Å². The average Bonchev–Trinajstić information content (AvgIpc) is 2.27. The molecule has 0 rings (SSSR count). The Balaban J connectivity index is -0.000000239. The first kappa shape index (κ1) is 24.8. The van der Waals surface area contributed by atoms with Crippen LogP contribution in [0.15, 0.2) is 0 Å². The maximum absolute atomic E-state index is 8.74. The summed E-state index contributed by atoms with van der Waals surface area (Å²) in [6.07, 6.45) is 8.49. The second kappa shape index (κ2) is 16.9. The lowest BCUT2D eigenvalue weighted by Crippen LogP contribution is -2.08. The molecule has 8 N–H and O–H groups in total. The van der Waals surface area contributed by atoms with Gasteiger partial charge in [0.2, 0.25) is 0 Å². The molecule has 0 aliphatic heterocycles. The second-order valence-electron chi connectivity index (χ2n) is 4.41. The molecular weight excluding hydrogens is 296 g/mol. The number of hydrogen-bond donors (Lipinski definition) is 6. The normalized spacial score (nSPS) is 9.71. The highest BCUT2D eigenvalue weighted by Gasteiger charge is 1.87. The number of amidine groups is 2. The van der Waals surface area contributed by atoms with Crippen LogP contribution in [0.2, 0.25) is 0 Å². The van der Waals surface area contributed by atoms with Gasteiger partial charge in [-0.25, -0.2) is 0 Å². The first-order valence-electron chi connectivity index (χ1n) is 6.90. The topological polar surface area (TPSA) is 174 Å². The van der Waals surface area contributed by atoms with Crippen LogP contribution in [0.1, 0.15) is 65.2 Å². The molecule has 8 nitrogen and oxygen atoms in total. The van der Waals surface area contributed by atoms with Crippen LogP contribution in [-0.2, 0) is 10.4 Å². The maximum Gasteiger partial charge on any atom is 0.394 e. The number of nitrogens with two attached hydrogens (primary N) is 2. The summed E-state index contributed by atoms with van der Waals surface area (Å²) < 4.78 is 31.6. The van der Waals surface area contributed by atoms with Crippen molar-refractivity contribution >= 4 is 22.1 Å². The molecule has 0 saturated heterocycles. The smallest absolute Gasteiger partial charge is 0.388 e. The van der Waals surface area contributed by atoms with Crippen molar-refractivity contribution in [2.24, 2.45) is 11.5 Å². The van der Waals surface area contributed by atoms with Crippen LogP contribution in [0.3, 0.4) is 0 Å². The second-order valence-corrected chi connectivity index (χ2v) is 5.31. The predicted octanol–water partition coefficient (Wildman–Crippen LogP) is 2.35. The molecule has 0 bridgehead atoms. The van der Waals surface area contributed by atoms with Crippen LogP contribution >= 0.6 is 0 Å². The summed E-state index contributed by atoms with van der Waals surface area (Å²) in [5.74, 6) is 0.636. The van der Waals surface area contributed by atoms with Crippen LogP contribution < -0.4 is 11.5 Å². The van der Waals surface area contributed by atoms with Gasteiger partial charge in [0.1, 0.15) is 0 Å². The van der Waals surface area contributed by atoms with Crippen molar-refractivity contribution in [2.75, 3.05) is 0 Å². The quantitative estimate of drug-likeness (QED) is 0.173. The summed E-state index contributed by atoms with van der Waals surface area (Å²) in [6, 6.07) is 0. The first-order valence-corrected chi connectivity index (χ1v) is 8.29. The minimum absolute atomic E-state index is 0.318. The Morgan fingerprint density at radius 3 is 1.24 bits per heavy atom. The van der Waals surface area contributed by atoms with Gasteiger partial charge in [0.05, 0.1) is 11.7 Å². The molecule has 0 aliphatic carbocycles. The molecule has 0 aromatic rings. The molecule has 0 radical (unpaired) electrons. The van der Waals surface area contributed by atoms with E-state index in [9.17, 15) is 0 Å². The van der Waals surface area contributed by atoms with Crippen molar-refractivity contribution in [1.29, 1.82) is 10.8 Å². The molecule has 128 valence electrons. The lowest BCUT2D eigenvalue weighted by Gasteiger charge is -1.93. The van der Waals surface area contributed by atoms with Gasteiger partial charge in [-0.05, 0) is 12.8 Å². The zero-order chi connectivity index (χ0) is 17.3. The van der Waals surface area contributed by atoms with Gasteiger partial charge >= 0.3 is 10.4 Å². The van der Waals surface area contributed by atoms with Crippen LogP contribution in [-0.4, -0.2) is 29.2 Å². The Hall–Kier alpha value is -1.19. The van der Waals surface area contributed by atoms with Crippen molar-refractivity contribution in [3.05, 3.63) is 0 Å². The van der Waals surface area contributed by atoms with E-state index < -0.39 is 10.4 Å². The van der Waals surface area contributed by atoms with E-state index in [0.29, 0.717) is 11.7 Å². The third kappa shape index (κ3) is 68.5. The summed E-state index contributed by atoms with van der Waals surface area (Å²) in [5.41, 5.74) is 10.2. The third-order valence-electron chi connectivity index (χ3n) is 2.10. The zero-order valence-electron chi connectivity index (χ0n) is 12.9. The molecule has 0 fully saturated rings. The molecule has 0 saturated carbocycles. The van der Waals surface area contributed by atoms with E-state index in [0.717, 1.165) is 25.7 Å². The monoisotopic (exact) mass is 326 g/mol. The van der Waals surface area contributed by atoms with Gasteiger partial charge in [-0.1, -0.05) is 39.5 Å². The number of unbranched alkanes of at least 4 members (excludes halogenated alkanes) is 4. The fraction of sp³-hybridized carbons (Fsp3) is 0.833. The summed E-state index contributed by atoms with van der Waals surface area (Å²) in [4.78, 5) is 0. The number of nitrogens with one attached hydrogen (secondary N) is 2. The van der Waals surface area contributed by atoms with Crippen molar-refractivity contribution < 1.29 is 17.5 Å². The Kier molecular flexibility index (Phi) is 19.9. The molecule has 0 unspecified atom stereocenters. The molecule has 0 spiro atoms. The van der Waals surface area contributed by atoms with Crippen molar-refractivity contribution in [1.82, 2.24) is 0 Å². The van der Waals surface area contributed by atoms with Crippen LogP contribution in [0.5, 0.6) is 0 Å². The van der Waals surface area contributed by atoms with Crippen molar-refractivity contribution in [2.45, 2.75) is 65.2 Å². The summed E-state index contributed by atoms with van der Waals surface area (Å²) in [5, 5.41) is 13.7. The van der Waals surface area contributed by atoms with Crippen LogP contribution in [0, 0.1) is 10.8 Å². The fourth-order valence-electron chi connectivity index (χ4n) is 1.13. The molecule has 0 aromatic heterocycles. The van der Waals surface area contributed by atoms with E-state index in [1.165, 1.54) is 25.7 Å². The molecular formula is C12H30N4O4S. The average molecular weight is 326 g/mol. The van der Waals surface area contributed by atoms with E-state index in [1.807, 2.05) is 0 Å². The molecule has 0 amide bonds. The minimum atomic E-state index is -4.67. The standard InChI is InChI=1S/2C6H14N2.H2O4S/c2*1-2-3-4-5-6(7)8;1-5(2,3)4/h2*2-5H2,1H3,(H3,7,8);(H2,1,2,3,4). The van der Waals surface area contributed by atoms with Crippen molar-refractivity contribution in [3.63, 3.8) is 0 Å². The van der Waals surface area contributed by atoms with E-state index >= 15 is 0 Å². The molecule has 21 heavy (non-hydrogen) atoms. The summed E-state index contributed by atoms with van der Waals surface area (Å²) >= 11 is 0. The van der Waals surface area contributed by atoms with E-state index in [-0.39, 0.29) is 0 Å². The Morgan fingerprint density at radius 1 is 0.857 bits per heavy atom. The lowest BCUT2D eigenvalue weighted by molar-refractivity contribution is 0.381. The third-order valence-corrected chi connectivity index (χ3v) is 2.10. The Morgan fingerprint density at radius 2 is 1.10 bits per heavy atom. The highest BCUT2D eigenvalue weighted by molar-refractivity contribution is 7.79. The molecule has 9 heteroatoms. The molecule has 0 atom stereocenters. The summed E-state index contributed by atoms with van der Waals surface area (Å²) in [6.45, 7) is 4.28. The van der Waals surface area contributed by atoms with Gasteiger partial charge in [-0.15, -0.1) is 0 Å². The Bertz CT molecular complexity index is 330. The zero-order valence-corrected chi connectivity index (χ0v) is 13.7. The molecule has 0 aromatic carbocycles. The van der Waals surface area contributed by atoms with Crippen molar-refractivity contribution in [3.8, 4) is 0 Å². The lowest BCUT2D eigenvalue weighted by atomic mass is 10.2. The van der Waals surface area contributed by atoms with Gasteiger partial charge < -0.3 is 11.5 Å². The predicted molar refractivity (Wildman–Crippen MR) is 86.3 cm³/mol.